The molecule has 0 aliphatic carbocycles. The molecule has 18 heteroatoms. The first-order chi connectivity index (χ1) is 24.8. The van der Waals surface area contributed by atoms with Gasteiger partial charge in [-0.2, -0.15) is 0 Å². The fourth-order valence-electron chi connectivity index (χ4n) is 5.68. The summed E-state index contributed by atoms with van der Waals surface area (Å²) in [5.41, 5.74) is -1.02. The van der Waals surface area contributed by atoms with Crippen LogP contribution in [0.5, 0.6) is 5.88 Å². The summed E-state index contributed by atoms with van der Waals surface area (Å²) in [5, 5.41) is 21.7. The van der Waals surface area contributed by atoms with Gasteiger partial charge < -0.3 is 33.8 Å². The van der Waals surface area contributed by atoms with E-state index in [0.29, 0.717) is 95.4 Å². The number of hydrogen-bond acceptors (Lipinski definition) is 11. The van der Waals surface area contributed by atoms with Crippen molar-refractivity contribution in [2.45, 2.75) is 52.7 Å². The largest absolute Gasteiger partial charge is 0.479 e. The van der Waals surface area contributed by atoms with E-state index in [-0.39, 0.29) is 17.3 Å². The maximum Gasteiger partial charge on any atom is 0.410 e. The van der Waals surface area contributed by atoms with Crippen LogP contribution in [0, 0.1) is 0 Å². The lowest BCUT2D eigenvalue weighted by molar-refractivity contribution is 0.0230. The minimum atomic E-state index is -0.512. The Hall–Kier alpha value is -3.49. The molecule has 0 spiro atoms. The molecule has 4 aromatic rings. The first-order valence-electron chi connectivity index (χ1n) is 16.8. The van der Waals surface area contributed by atoms with Gasteiger partial charge in [-0.3, -0.25) is 0 Å². The third kappa shape index (κ3) is 9.99. The molecule has 2 saturated heterocycles. The Bertz CT molecular complexity index is 1990. The number of methoxy groups -OCH3 is 1. The number of nitrogens with zero attached hydrogens (tertiary/aromatic N) is 8. The number of carbonyl (C=O) groups is 2. The van der Waals surface area contributed by atoms with Gasteiger partial charge in [-0.05, 0) is 65.8 Å². The topological polar surface area (TPSA) is 126 Å². The number of anilines is 2. The highest BCUT2D eigenvalue weighted by molar-refractivity contribution is 6.44. The van der Waals surface area contributed by atoms with Crippen LogP contribution in [-0.2, 0) is 9.47 Å². The van der Waals surface area contributed by atoms with Gasteiger partial charge >= 0.3 is 12.2 Å². The SMILES string of the molecule is CC(C)(C)OC(=O)N1CCN(c2nnc(Cl)c3cc(Cl)c(Cl)cc23)CC1.COc1nnc(N2CCN(C(=O)OC(C)(C)C)CC2)c2cc(Cl)c(Cl)cc12. The summed E-state index contributed by atoms with van der Waals surface area (Å²) in [4.78, 5) is 32.0. The molecule has 2 fully saturated rings. The lowest BCUT2D eigenvalue weighted by atomic mass is 10.1. The van der Waals surface area contributed by atoms with E-state index in [1.165, 1.54) is 7.11 Å². The van der Waals surface area contributed by atoms with E-state index in [9.17, 15) is 9.59 Å². The predicted octanol–water partition coefficient (Wildman–Crippen LogP) is 8.65. The lowest BCUT2D eigenvalue weighted by Gasteiger charge is -2.36. The average Bonchev–Trinajstić information content (AvgIpc) is 3.08. The van der Waals surface area contributed by atoms with Crippen LogP contribution in [0.25, 0.3) is 21.5 Å². The molecule has 13 nitrogen and oxygen atoms in total. The first kappa shape index (κ1) is 40.7. The van der Waals surface area contributed by atoms with Gasteiger partial charge in [-0.1, -0.05) is 58.0 Å². The summed E-state index contributed by atoms with van der Waals surface area (Å²) in [6.45, 7) is 15.7. The van der Waals surface area contributed by atoms with Gasteiger partial charge in [0.25, 0.3) is 0 Å². The van der Waals surface area contributed by atoms with Crippen molar-refractivity contribution < 1.29 is 23.8 Å². The summed E-state index contributed by atoms with van der Waals surface area (Å²) in [6, 6.07) is 6.94. The molecule has 0 radical (unpaired) electrons. The monoisotopic (exact) mass is 828 g/mol. The molecule has 0 atom stereocenters. The van der Waals surface area contributed by atoms with Crippen molar-refractivity contribution in [2.75, 3.05) is 69.3 Å². The van der Waals surface area contributed by atoms with Gasteiger partial charge in [0.15, 0.2) is 16.8 Å². The molecule has 4 heterocycles. The van der Waals surface area contributed by atoms with Crippen LogP contribution in [-0.4, -0.2) is 113 Å². The molecule has 0 N–H and O–H groups in total. The molecular weight excluding hydrogens is 790 g/mol. The number of ether oxygens (including phenoxy) is 3. The quantitative estimate of drug-likeness (QED) is 0.197. The molecule has 0 saturated carbocycles. The van der Waals surface area contributed by atoms with Gasteiger partial charge in [-0.25, -0.2) is 9.59 Å². The summed E-state index contributed by atoms with van der Waals surface area (Å²) in [5.74, 6) is 1.75. The van der Waals surface area contributed by atoms with E-state index >= 15 is 0 Å². The standard InChI is InChI=1S/C18H22Cl2N4O3.C17H19Cl3N4O2/c1-18(2,3)27-17(25)24-7-5-23(6-8-24)15-11-9-13(19)14(20)10-12(11)16(26-4)22-21-15;1-17(2,3)26-16(25)24-6-4-23(5-7-24)15-11-9-13(19)12(18)8-10(11)14(20)21-22-15/h9-10H,5-8H2,1-4H3;8-9H,4-7H2,1-3H3. The highest BCUT2D eigenvalue weighted by Gasteiger charge is 2.29. The highest BCUT2D eigenvalue weighted by Crippen LogP contribution is 2.37. The van der Waals surface area contributed by atoms with Crippen LogP contribution in [0.2, 0.25) is 25.2 Å². The molecule has 0 bridgehead atoms. The Morgan fingerprint density at radius 3 is 1.30 bits per heavy atom. The van der Waals surface area contributed by atoms with E-state index in [4.69, 9.17) is 72.2 Å². The minimum absolute atomic E-state index is 0.273. The molecular formula is C35H41Cl5N8O5. The van der Waals surface area contributed by atoms with Crippen molar-refractivity contribution in [1.29, 1.82) is 0 Å². The Balaban J connectivity index is 0.000000204. The number of aromatic nitrogens is 4. The van der Waals surface area contributed by atoms with Crippen LogP contribution in [0.4, 0.5) is 21.2 Å². The summed E-state index contributed by atoms with van der Waals surface area (Å²) < 4.78 is 16.2. The third-order valence-electron chi connectivity index (χ3n) is 8.18. The normalized spacial score (nSPS) is 15.3. The molecule has 2 amide bonds. The second kappa shape index (κ2) is 16.5. The van der Waals surface area contributed by atoms with E-state index in [0.717, 1.165) is 16.2 Å². The van der Waals surface area contributed by atoms with E-state index < -0.39 is 11.2 Å². The zero-order chi connectivity index (χ0) is 38.8. The highest BCUT2D eigenvalue weighted by atomic mass is 35.5. The van der Waals surface area contributed by atoms with Crippen molar-refractivity contribution in [3.63, 3.8) is 0 Å². The third-order valence-corrected chi connectivity index (χ3v) is 9.90. The Morgan fingerprint density at radius 2 is 0.906 bits per heavy atom. The second-order valence-corrected chi connectivity index (χ2v) is 16.4. The van der Waals surface area contributed by atoms with Gasteiger partial charge in [-0.15, -0.1) is 20.4 Å². The summed E-state index contributed by atoms with van der Waals surface area (Å²) in [6.07, 6.45) is -0.610. The zero-order valence-electron chi connectivity index (χ0n) is 30.5. The molecule has 2 aromatic heterocycles. The fourth-order valence-corrected chi connectivity index (χ4v) is 6.53. The minimum Gasteiger partial charge on any atom is -0.479 e. The first-order valence-corrected chi connectivity index (χ1v) is 18.7. The number of halogens is 5. The second-order valence-electron chi connectivity index (χ2n) is 14.4. The van der Waals surface area contributed by atoms with Crippen LogP contribution in [0.1, 0.15) is 41.5 Å². The molecule has 2 aliphatic rings. The Kier molecular flexibility index (Phi) is 12.7. The number of rotatable bonds is 3. The lowest BCUT2D eigenvalue weighted by Crippen LogP contribution is -2.50. The number of benzene rings is 2. The maximum atomic E-state index is 12.2. The number of fused-ring (bicyclic) bond motifs is 2. The number of piperazine rings is 2. The predicted molar refractivity (Wildman–Crippen MR) is 211 cm³/mol. The molecule has 0 unspecified atom stereocenters. The van der Waals surface area contributed by atoms with Crippen molar-refractivity contribution in [2.24, 2.45) is 0 Å². The van der Waals surface area contributed by atoms with E-state index in [2.05, 4.69) is 30.2 Å². The molecule has 6 rings (SSSR count). The Labute approximate surface area is 333 Å². The van der Waals surface area contributed by atoms with Crippen molar-refractivity contribution >= 4 is 103 Å². The van der Waals surface area contributed by atoms with E-state index in [1.807, 2.05) is 41.5 Å². The maximum absolute atomic E-state index is 12.2. The fraction of sp³-hybridized carbons (Fsp3) is 0.486. The van der Waals surface area contributed by atoms with Crippen LogP contribution in [0.3, 0.4) is 0 Å². The van der Waals surface area contributed by atoms with Gasteiger partial charge in [0.1, 0.15) is 11.2 Å². The average molecular weight is 831 g/mol. The zero-order valence-corrected chi connectivity index (χ0v) is 34.3. The summed E-state index contributed by atoms with van der Waals surface area (Å²) >= 11 is 30.8. The van der Waals surface area contributed by atoms with Gasteiger partial charge in [0.2, 0.25) is 5.88 Å². The van der Waals surface area contributed by atoms with Crippen molar-refractivity contribution in [3.8, 4) is 5.88 Å². The van der Waals surface area contributed by atoms with E-state index in [1.54, 1.807) is 34.1 Å². The molecule has 2 aromatic carbocycles. The van der Waals surface area contributed by atoms with Crippen molar-refractivity contribution in [1.82, 2.24) is 30.2 Å². The Morgan fingerprint density at radius 1 is 0.547 bits per heavy atom. The molecule has 2 aliphatic heterocycles. The number of hydrogen-bond donors (Lipinski definition) is 0. The van der Waals surface area contributed by atoms with Gasteiger partial charge in [0, 0.05) is 68.5 Å². The van der Waals surface area contributed by atoms with Crippen LogP contribution < -0.4 is 14.5 Å². The number of carbonyl (C=O) groups excluding carboxylic acids is 2. The van der Waals surface area contributed by atoms with Gasteiger partial charge in [0.05, 0.1) is 32.6 Å². The summed E-state index contributed by atoms with van der Waals surface area (Å²) in [7, 11) is 1.53. The van der Waals surface area contributed by atoms with Crippen molar-refractivity contribution in [3.05, 3.63) is 49.5 Å². The molecule has 286 valence electrons. The van der Waals surface area contributed by atoms with Crippen LogP contribution in [0.15, 0.2) is 24.3 Å². The molecule has 53 heavy (non-hydrogen) atoms. The van der Waals surface area contributed by atoms with Crippen LogP contribution >= 0.6 is 58.0 Å². The number of amides is 2. The smallest absolute Gasteiger partial charge is 0.410 e.